The molecule has 0 bridgehead atoms. The summed E-state index contributed by atoms with van der Waals surface area (Å²) >= 11 is 0. The van der Waals surface area contributed by atoms with E-state index in [1.165, 1.54) is 96.3 Å². The number of aliphatic hydroxyl groups excluding tert-OH is 1. The number of nitrogens with zero attached hydrogens (tertiary/aromatic N) is 1. The van der Waals surface area contributed by atoms with Crippen molar-refractivity contribution in [2.45, 2.75) is 122 Å². The Labute approximate surface area is 222 Å². The molecule has 0 aromatic heterocycles. The van der Waals surface area contributed by atoms with Crippen LogP contribution in [0.15, 0.2) is 12.3 Å². The van der Waals surface area contributed by atoms with Crippen LogP contribution < -0.4 is 0 Å². The molecule has 0 aliphatic carbocycles. The van der Waals surface area contributed by atoms with Crippen LogP contribution in [0.5, 0.6) is 0 Å². The number of allylic oxidation sites excluding steroid dienone is 1. The first-order valence-corrected chi connectivity index (χ1v) is 16.0. The second-order valence-electron chi connectivity index (χ2n) is 11.0. The van der Waals surface area contributed by atoms with E-state index in [2.05, 4.69) is 6.92 Å². The van der Waals surface area contributed by atoms with Crippen LogP contribution in [0.1, 0.15) is 116 Å². The number of aliphatic hydroxyl groups is 1. The number of ether oxygens (including phenoxy) is 1. The van der Waals surface area contributed by atoms with Crippen LogP contribution in [0.2, 0.25) is 0 Å². The lowest BCUT2D eigenvalue weighted by molar-refractivity contribution is -0.870. The first-order valence-electron chi connectivity index (χ1n) is 14.5. The number of hydrogen-bond acceptors (Lipinski definition) is 5. The van der Waals surface area contributed by atoms with Crippen LogP contribution in [0.4, 0.5) is 0 Å². The number of likely N-dealkylation sites (N-methyl/N-ethyl adjacent to an activating group) is 1. The van der Waals surface area contributed by atoms with Crippen LogP contribution in [-0.4, -0.2) is 68.1 Å². The molecule has 0 spiro atoms. The van der Waals surface area contributed by atoms with Gasteiger partial charge >= 0.3 is 7.82 Å². The maximum Gasteiger partial charge on any atom is 0.472 e. The standard InChI is InChI=1S/C28H58NO6P/c1-5-6-7-8-9-10-11-12-13-14-15-16-17-18-19-20-21-22-24-33-28(26-30)27-35-36(31,32)34-25-23-29(2,3)4/h22,24,28,30H,5-21,23,25-27H2,1-4H3/p+1/t28-/m1/s1. The van der Waals surface area contributed by atoms with Gasteiger partial charge in [-0.1, -0.05) is 103 Å². The van der Waals surface area contributed by atoms with E-state index in [0.717, 1.165) is 12.8 Å². The largest absolute Gasteiger partial charge is 0.494 e. The van der Waals surface area contributed by atoms with E-state index in [-0.39, 0.29) is 19.8 Å². The molecular weight excluding hydrogens is 477 g/mol. The molecular formula is C28H59NO6P+. The van der Waals surface area contributed by atoms with E-state index in [1.807, 2.05) is 27.2 Å². The maximum atomic E-state index is 11.9. The van der Waals surface area contributed by atoms with Gasteiger partial charge in [-0.05, 0) is 18.9 Å². The summed E-state index contributed by atoms with van der Waals surface area (Å²) < 4.78 is 27.9. The summed E-state index contributed by atoms with van der Waals surface area (Å²) in [5, 5.41) is 9.40. The van der Waals surface area contributed by atoms with Crippen molar-refractivity contribution in [1.29, 1.82) is 0 Å². The molecule has 0 aliphatic heterocycles. The summed E-state index contributed by atoms with van der Waals surface area (Å²) in [6, 6.07) is 0. The van der Waals surface area contributed by atoms with Crippen LogP contribution in [0.3, 0.4) is 0 Å². The van der Waals surface area contributed by atoms with Crippen molar-refractivity contribution in [3.05, 3.63) is 12.3 Å². The summed E-state index contributed by atoms with van der Waals surface area (Å²) in [5.41, 5.74) is 0. The molecule has 8 heteroatoms. The maximum absolute atomic E-state index is 11.9. The molecule has 0 aromatic rings. The van der Waals surface area contributed by atoms with Crippen molar-refractivity contribution in [2.75, 3.05) is 47.5 Å². The van der Waals surface area contributed by atoms with Gasteiger partial charge in [0.25, 0.3) is 0 Å². The third-order valence-corrected chi connectivity index (χ3v) is 7.22. The number of unbranched alkanes of at least 4 members (excludes halogenated alkanes) is 16. The topological polar surface area (TPSA) is 85.2 Å². The fourth-order valence-corrected chi connectivity index (χ4v) is 4.57. The van der Waals surface area contributed by atoms with Gasteiger partial charge in [-0.15, -0.1) is 0 Å². The summed E-state index contributed by atoms with van der Waals surface area (Å²) in [5.74, 6) is 0. The van der Waals surface area contributed by atoms with Gasteiger partial charge in [0.05, 0.1) is 40.6 Å². The zero-order chi connectivity index (χ0) is 27.0. The molecule has 2 atom stereocenters. The molecule has 0 heterocycles. The first-order chi connectivity index (χ1) is 17.2. The van der Waals surface area contributed by atoms with Crippen LogP contribution in [-0.2, 0) is 18.3 Å². The molecule has 0 radical (unpaired) electrons. The lowest BCUT2D eigenvalue weighted by atomic mass is 10.0. The molecule has 36 heavy (non-hydrogen) atoms. The molecule has 2 N–H and O–H groups in total. The van der Waals surface area contributed by atoms with Gasteiger partial charge in [0.1, 0.15) is 19.3 Å². The Morgan fingerprint density at radius 1 is 0.778 bits per heavy atom. The van der Waals surface area contributed by atoms with E-state index < -0.39 is 13.9 Å². The molecule has 216 valence electrons. The molecule has 0 fully saturated rings. The van der Waals surface area contributed by atoms with Gasteiger partial charge in [0.15, 0.2) is 0 Å². The summed E-state index contributed by atoms with van der Waals surface area (Å²) in [7, 11) is 1.75. The number of phosphoric ester groups is 1. The predicted octanol–water partition coefficient (Wildman–Crippen LogP) is 7.37. The third-order valence-electron chi connectivity index (χ3n) is 6.24. The minimum absolute atomic E-state index is 0.112. The van der Waals surface area contributed by atoms with E-state index in [4.69, 9.17) is 13.8 Å². The van der Waals surface area contributed by atoms with Crippen LogP contribution in [0.25, 0.3) is 0 Å². The van der Waals surface area contributed by atoms with Crippen molar-refractivity contribution < 1.29 is 32.8 Å². The van der Waals surface area contributed by atoms with Crippen molar-refractivity contribution in [3.8, 4) is 0 Å². The SMILES string of the molecule is CCCCCCCCCCCCCCCCCCC=CO[C@H](CO)COP(=O)(O)OCC[N+](C)(C)C. The second-order valence-corrected chi connectivity index (χ2v) is 12.5. The minimum Gasteiger partial charge on any atom is -0.494 e. The quantitative estimate of drug-likeness (QED) is 0.0493. The molecule has 0 rings (SSSR count). The zero-order valence-electron chi connectivity index (χ0n) is 24.0. The molecule has 1 unspecified atom stereocenters. The average Bonchev–Trinajstić information content (AvgIpc) is 2.81. The summed E-state index contributed by atoms with van der Waals surface area (Å²) in [6.45, 7) is 2.45. The number of phosphoric acid groups is 1. The highest BCUT2D eigenvalue weighted by molar-refractivity contribution is 7.47. The molecule has 0 saturated carbocycles. The highest BCUT2D eigenvalue weighted by Gasteiger charge is 2.24. The first kappa shape index (κ1) is 35.6. The summed E-state index contributed by atoms with van der Waals surface area (Å²) in [6.07, 6.45) is 25.4. The normalized spacial score (nSPS) is 14.8. The van der Waals surface area contributed by atoms with Crippen molar-refractivity contribution >= 4 is 7.82 Å². The van der Waals surface area contributed by atoms with Gasteiger partial charge < -0.3 is 19.2 Å². The van der Waals surface area contributed by atoms with Crippen LogP contribution >= 0.6 is 7.82 Å². The molecule has 7 nitrogen and oxygen atoms in total. The Kier molecular flexibility index (Phi) is 23.4. The fourth-order valence-electron chi connectivity index (χ4n) is 3.82. The van der Waals surface area contributed by atoms with Gasteiger partial charge in [-0.25, -0.2) is 4.57 Å². The van der Waals surface area contributed by atoms with Crippen molar-refractivity contribution in [1.82, 2.24) is 0 Å². The number of rotatable bonds is 27. The molecule has 0 aliphatic rings. The highest BCUT2D eigenvalue weighted by Crippen LogP contribution is 2.43. The third kappa shape index (κ3) is 26.6. The van der Waals surface area contributed by atoms with Gasteiger partial charge in [-0.3, -0.25) is 9.05 Å². The van der Waals surface area contributed by atoms with Gasteiger partial charge in [0.2, 0.25) is 0 Å². The predicted molar refractivity (Wildman–Crippen MR) is 150 cm³/mol. The Morgan fingerprint density at radius 3 is 1.69 bits per heavy atom. The molecule has 0 saturated heterocycles. The van der Waals surface area contributed by atoms with Gasteiger partial charge in [0, 0.05) is 0 Å². The monoisotopic (exact) mass is 536 g/mol. The summed E-state index contributed by atoms with van der Waals surface area (Å²) in [4.78, 5) is 9.74. The fraction of sp³-hybridized carbons (Fsp3) is 0.929. The van der Waals surface area contributed by atoms with E-state index >= 15 is 0 Å². The second kappa shape index (κ2) is 23.7. The lowest BCUT2D eigenvalue weighted by Crippen LogP contribution is -2.37. The average molecular weight is 537 g/mol. The molecule has 0 amide bonds. The van der Waals surface area contributed by atoms with Gasteiger partial charge in [-0.2, -0.15) is 0 Å². The van der Waals surface area contributed by atoms with Crippen LogP contribution in [0, 0.1) is 0 Å². The van der Waals surface area contributed by atoms with Crippen molar-refractivity contribution in [2.24, 2.45) is 0 Å². The van der Waals surface area contributed by atoms with Crippen molar-refractivity contribution in [3.63, 3.8) is 0 Å². The highest BCUT2D eigenvalue weighted by atomic mass is 31.2. The number of quaternary nitrogens is 1. The van der Waals surface area contributed by atoms with E-state index in [9.17, 15) is 14.6 Å². The zero-order valence-corrected chi connectivity index (χ0v) is 24.9. The van der Waals surface area contributed by atoms with E-state index in [0.29, 0.717) is 11.0 Å². The Bertz CT molecular complexity index is 553. The Balaban J connectivity index is 3.56. The Morgan fingerprint density at radius 2 is 1.25 bits per heavy atom. The lowest BCUT2D eigenvalue weighted by Gasteiger charge is -2.24. The Hall–Kier alpha value is -0.430. The number of hydrogen-bond donors (Lipinski definition) is 2. The van der Waals surface area contributed by atoms with E-state index in [1.54, 1.807) is 6.26 Å². The smallest absolute Gasteiger partial charge is 0.472 e. The molecule has 0 aromatic carbocycles. The minimum atomic E-state index is -4.15.